The van der Waals surface area contributed by atoms with Crippen molar-refractivity contribution in [3.8, 4) is 0 Å². The molecule has 0 saturated heterocycles. The fourth-order valence-corrected chi connectivity index (χ4v) is 3.29. The largest absolute Gasteiger partial charge is 0.357 e. The first kappa shape index (κ1) is 15.2. The third kappa shape index (κ3) is 4.74. The molecule has 2 N–H and O–H groups in total. The maximum absolute atomic E-state index is 4.63. The number of rotatable bonds is 6. The van der Waals surface area contributed by atoms with Crippen LogP contribution in [0.5, 0.6) is 0 Å². The first-order valence-corrected chi connectivity index (χ1v) is 8.65. The monoisotopic (exact) mass is 295 g/mol. The van der Waals surface area contributed by atoms with E-state index in [-0.39, 0.29) is 0 Å². The van der Waals surface area contributed by atoms with E-state index in [1.807, 2.05) is 28.7 Å². The predicted molar refractivity (Wildman–Crippen MR) is 86.3 cm³/mol. The van der Waals surface area contributed by atoms with Crippen LogP contribution in [0.15, 0.2) is 23.5 Å². The van der Waals surface area contributed by atoms with Gasteiger partial charge in [0, 0.05) is 30.2 Å². The molecule has 2 atom stereocenters. The van der Waals surface area contributed by atoms with Crippen molar-refractivity contribution < 1.29 is 0 Å². The van der Waals surface area contributed by atoms with Crippen LogP contribution < -0.4 is 10.6 Å². The number of guanidine groups is 1. The number of aromatic nitrogens is 2. The molecule has 1 aliphatic carbocycles. The van der Waals surface area contributed by atoms with Gasteiger partial charge in [0.1, 0.15) is 0 Å². The third-order valence-corrected chi connectivity index (χ3v) is 4.66. The van der Waals surface area contributed by atoms with Gasteiger partial charge in [-0.2, -0.15) is 16.9 Å². The normalized spacial score (nSPS) is 23.0. The number of hydrogen-bond donors (Lipinski definition) is 2. The molecule has 0 aromatic carbocycles. The summed E-state index contributed by atoms with van der Waals surface area (Å²) >= 11 is 1.98. The molecule has 112 valence electrons. The Kier molecular flexibility index (Phi) is 6.24. The van der Waals surface area contributed by atoms with Gasteiger partial charge in [-0.1, -0.05) is 0 Å². The molecule has 2 rings (SSSR count). The van der Waals surface area contributed by atoms with Crippen LogP contribution in [0.25, 0.3) is 0 Å². The molecule has 1 aromatic rings. The van der Waals surface area contributed by atoms with E-state index >= 15 is 0 Å². The Morgan fingerprint density at radius 2 is 2.40 bits per heavy atom. The molecule has 0 amide bonds. The van der Waals surface area contributed by atoms with Crippen LogP contribution >= 0.6 is 11.8 Å². The van der Waals surface area contributed by atoms with E-state index < -0.39 is 0 Å². The maximum Gasteiger partial charge on any atom is 0.191 e. The zero-order valence-corrected chi connectivity index (χ0v) is 13.2. The van der Waals surface area contributed by atoms with Crippen LogP contribution in [0.4, 0.5) is 0 Å². The third-order valence-electron chi connectivity index (χ3n) is 3.56. The summed E-state index contributed by atoms with van der Waals surface area (Å²) in [7, 11) is 0. The highest BCUT2D eigenvalue weighted by Crippen LogP contribution is 2.27. The van der Waals surface area contributed by atoms with E-state index in [0.29, 0.717) is 6.04 Å². The zero-order valence-electron chi connectivity index (χ0n) is 12.4. The minimum absolute atomic E-state index is 0.565. The van der Waals surface area contributed by atoms with E-state index in [1.165, 1.54) is 19.3 Å². The van der Waals surface area contributed by atoms with Crippen LogP contribution in [0.2, 0.25) is 0 Å². The highest BCUT2D eigenvalue weighted by atomic mass is 32.2. The lowest BCUT2D eigenvalue weighted by molar-refractivity contribution is 0.600. The van der Waals surface area contributed by atoms with Gasteiger partial charge in [0.05, 0.1) is 13.1 Å². The fourth-order valence-electron chi connectivity index (χ4n) is 2.50. The average molecular weight is 295 g/mol. The first-order chi connectivity index (χ1) is 9.81. The molecule has 1 saturated carbocycles. The molecule has 1 aliphatic rings. The van der Waals surface area contributed by atoms with E-state index in [1.54, 1.807) is 6.20 Å². The van der Waals surface area contributed by atoms with Crippen molar-refractivity contribution in [2.24, 2.45) is 4.99 Å². The number of hydrogen-bond acceptors (Lipinski definition) is 3. The molecule has 20 heavy (non-hydrogen) atoms. The van der Waals surface area contributed by atoms with E-state index in [4.69, 9.17) is 0 Å². The topological polar surface area (TPSA) is 54.2 Å². The molecule has 0 bridgehead atoms. The smallest absolute Gasteiger partial charge is 0.191 e. The van der Waals surface area contributed by atoms with E-state index in [2.05, 4.69) is 33.9 Å². The summed E-state index contributed by atoms with van der Waals surface area (Å²) in [4.78, 5) is 4.63. The summed E-state index contributed by atoms with van der Waals surface area (Å²) in [6.07, 6.45) is 9.77. The van der Waals surface area contributed by atoms with Crippen LogP contribution in [0.3, 0.4) is 0 Å². The Balaban J connectivity index is 1.80. The van der Waals surface area contributed by atoms with Crippen molar-refractivity contribution in [2.45, 2.75) is 44.0 Å². The lowest BCUT2D eigenvalue weighted by Crippen LogP contribution is -2.42. The fraction of sp³-hybridized carbons (Fsp3) is 0.714. The van der Waals surface area contributed by atoms with Gasteiger partial charge in [-0.05, 0) is 38.5 Å². The quantitative estimate of drug-likeness (QED) is 0.620. The average Bonchev–Trinajstić information content (AvgIpc) is 3.10. The highest BCUT2D eigenvalue weighted by Gasteiger charge is 2.24. The molecule has 1 heterocycles. The van der Waals surface area contributed by atoms with Gasteiger partial charge < -0.3 is 10.6 Å². The Morgan fingerprint density at radius 3 is 3.05 bits per heavy atom. The Morgan fingerprint density at radius 1 is 1.50 bits per heavy atom. The number of nitrogens with zero attached hydrogens (tertiary/aromatic N) is 3. The van der Waals surface area contributed by atoms with E-state index in [0.717, 1.165) is 30.8 Å². The Hall–Kier alpha value is -1.17. The Labute approximate surface area is 125 Å². The van der Waals surface area contributed by atoms with E-state index in [9.17, 15) is 0 Å². The summed E-state index contributed by atoms with van der Waals surface area (Å²) in [5.74, 6) is 0.936. The van der Waals surface area contributed by atoms with Crippen LogP contribution in [-0.4, -0.2) is 46.4 Å². The van der Waals surface area contributed by atoms with Crippen LogP contribution in [0, 0.1) is 0 Å². The number of aliphatic imine (C=N–C) groups is 1. The SMILES string of the molecule is CCNC(=NCCn1cccn1)NC1CCC(SC)C1. The lowest BCUT2D eigenvalue weighted by Gasteiger charge is -2.17. The highest BCUT2D eigenvalue weighted by molar-refractivity contribution is 7.99. The van der Waals surface area contributed by atoms with Crippen LogP contribution in [0.1, 0.15) is 26.2 Å². The lowest BCUT2D eigenvalue weighted by atomic mass is 10.2. The Bertz CT molecular complexity index is 404. The molecular weight excluding hydrogens is 270 g/mol. The van der Waals surface area contributed by atoms with Gasteiger partial charge in [0.2, 0.25) is 0 Å². The van der Waals surface area contributed by atoms with Gasteiger partial charge in [-0.15, -0.1) is 0 Å². The molecule has 0 radical (unpaired) electrons. The van der Waals surface area contributed by atoms with Gasteiger partial charge in [-0.3, -0.25) is 9.67 Å². The minimum Gasteiger partial charge on any atom is -0.357 e. The molecule has 2 unspecified atom stereocenters. The second kappa shape index (κ2) is 8.19. The molecule has 1 aromatic heterocycles. The minimum atomic E-state index is 0.565. The summed E-state index contributed by atoms with van der Waals surface area (Å²) < 4.78 is 1.91. The van der Waals surface area contributed by atoms with Crippen molar-refractivity contribution in [2.75, 3.05) is 19.3 Å². The van der Waals surface area contributed by atoms with Crippen molar-refractivity contribution >= 4 is 17.7 Å². The molecule has 6 heteroatoms. The van der Waals surface area contributed by atoms with Gasteiger partial charge in [-0.25, -0.2) is 0 Å². The van der Waals surface area contributed by atoms with Crippen molar-refractivity contribution in [3.05, 3.63) is 18.5 Å². The number of nitrogens with one attached hydrogen (secondary N) is 2. The molecule has 0 spiro atoms. The number of thioether (sulfide) groups is 1. The molecule has 0 aliphatic heterocycles. The molecule has 5 nitrogen and oxygen atoms in total. The summed E-state index contributed by atoms with van der Waals surface area (Å²) in [5, 5.41) is 11.9. The van der Waals surface area contributed by atoms with Crippen LogP contribution in [-0.2, 0) is 6.54 Å². The van der Waals surface area contributed by atoms with Gasteiger partial charge in [0.25, 0.3) is 0 Å². The second-order valence-electron chi connectivity index (χ2n) is 5.04. The van der Waals surface area contributed by atoms with Crippen molar-refractivity contribution in [1.82, 2.24) is 20.4 Å². The second-order valence-corrected chi connectivity index (χ2v) is 6.18. The zero-order chi connectivity index (χ0) is 14.2. The maximum atomic E-state index is 4.63. The van der Waals surface area contributed by atoms with Gasteiger partial charge >= 0.3 is 0 Å². The summed E-state index contributed by atoms with van der Waals surface area (Å²) in [6.45, 7) is 4.56. The molecular formula is C14H25N5S. The van der Waals surface area contributed by atoms with Gasteiger partial charge in [0.15, 0.2) is 5.96 Å². The van der Waals surface area contributed by atoms with Crippen molar-refractivity contribution in [1.29, 1.82) is 0 Å². The standard InChI is InChI=1S/C14H25N5S/c1-3-15-14(16-8-10-19-9-4-7-17-19)18-12-5-6-13(11-12)20-2/h4,7,9,12-13H,3,5-6,8,10-11H2,1-2H3,(H2,15,16,18). The molecule has 1 fully saturated rings. The summed E-state index contributed by atoms with van der Waals surface area (Å²) in [5.41, 5.74) is 0. The predicted octanol–water partition coefficient (Wildman–Crippen LogP) is 1.72. The van der Waals surface area contributed by atoms with Crippen molar-refractivity contribution in [3.63, 3.8) is 0 Å². The summed E-state index contributed by atoms with van der Waals surface area (Å²) in [6, 6.07) is 2.50. The first-order valence-electron chi connectivity index (χ1n) is 7.37.